The van der Waals surface area contributed by atoms with Crippen molar-refractivity contribution in [3.8, 4) is 10.4 Å². The smallest absolute Gasteiger partial charge is 0.263 e. The number of hydrogen-bond acceptors (Lipinski definition) is 4. The molecule has 0 aliphatic heterocycles. The van der Waals surface area contributed by atoms with Crippen molar-refractivity contribution >= 4 is 33.2 Å². The van der Waals surface area contributed by atoms with Gasteiger partial charge in [-0.1, -0.05) is 33.2 Å². The summed E-state index contributed by atoms with van der Waals surface area (Å²) >= 11 is 4.94. The summed E-state index contributed by atoms with van der Waals surface area (Å²) in [7, 11) is 1.80. The van der Waals surface area contributed by atoms with E-state index in [1.807, 2.05) is 50.2 Å². The average Bonchev–Trinajstić information content (AvgIpc) is 3.17. The van der Waals surface area contributed by atoms with Crippen molar-refractivity contribution in [1.29, 1.82) is 0 Å². The molecular formula is C18H17BrN2O2S. The van der Waals surface area contributed by atoms with E-state index < -0.39 is 0 Å². The maximum atomic E-state index is 12.7. The van der Waals surface area contributed by atoms with Crippen molar-refractivity contribution in [1.82, 2.24) is 10.1 Å². The molecule has 0 N–H and O–H groups in total. The van der Waals surface area contributed by atoms with Crippen LogP contribution in [0.15, 0.2) is 45.4 Å². The second kappa shape index (κ2) is 6.91. The monoisotopic (exact) mass is 404 g/mol. The maximum Gasteiger partial charge on any atom is 0.263 e. The summed E-state index contributed by atoms with van der Waals surface area (Å²) in [5, 5.41) is 3.94. The molecule has 0 radical (unpaired) electrons. The van der Waals surface area contributed by atoms with Crippen LogP contribution < -0.4 is 0 Å². The predicted molar refractivity (Wildman–Crippen MR) is 99.2 cm³/mol. The molecule has 1 amide bonds. The molecule has 1 aromatic carbocycles. The summed E-state index contributed by atoms with van der Waals surface area (Å²) in [6, 6.07) is 12.0. The van der Waals surface area contributed by atoms with Crippen LogP contribution in [0.5, 0.6) is 0 Å². The third-order valence-corrected chi connectivity index (χ3v) is 5.52. The van der Waals surface area contributed by atoms with Gasteiger partial charge in [-0.15, -0.1) is 11.3 Å². The van der Waals surface area contributed by atoms with Crippen LogP contribution >= 0.6 is 27.3 Å². The normalized spacial score (nSPS) is 10.8. The quantitative estimate of drug-likeness (QED) is 0.610. The second-order valence-electron chi connectivity index (χ2n) is 5.63. The molecule has 24 heavy (non-hydrogen) atoms. The van der Waals surface area contributed by atoms with Gasteiger partial charge in [0, 0.05) is 22.0 Å². The summed E-state index contributed by atoms with van der Waals surface area (Å²) < 4.78 is 6.20. The third-order valence-electron chi connectivity index (χ3n) is 3.87. The van der Waals surface area contributed by atoms with Crippen LogP contribution in [0.25, 0.3) is 10.4 Å². The molecule has 2 aromatic heterocycles. The van der Waals surface area contributed by atoms with Gasteiger partial charge in [0.15, 0.2) is 0 Å². The number of aromatic nitrogens is 1. The van der Waals surface area contributed by atoms with Crippen molar-refractivity contribution in [3.05, 3.63) is 62.8 Å². The van der Waals surface area contributed by atoms with E-state index in [1.54, 1.807) is 11.9 Å². The van der Waals surface area contributed by atoms with Crippen molar-refractivity contribution in [3.63, 3.8) is 0 Å². The number of rotatable bonds is 4. The van der Waals surface area contributed by atoms with Gasteiger partial charge in [0.1, 0.15) is 5.76 Å². The first-order valence-corrected chi connectivity index (χ1v) is 9.09. The number of aryl methyl sites for hydroxylation is 2. The van der Waals surface area contributed by atoms with E-state index >= 15 is 0 Å². The highest BCUT2D eigenvalue weighted by Crippen LogP contribution is 2.30. The molecule has 0 bridgehead atoms. The van der Waals surface area contributed by atoms with Gasteiger partial charge in [-0.05, 0) is 43.7 Å². The fourth-order valence-electron chi connectivity index (χ4n) is 2.45. The lowest BCUT2D eigenvalue weighted by Gasteiger charge is -2.15. The van der Waals surface area contributed by atoms with Gasteiger partial charge in [0.2, 0.25) is 0 Å². The number of thiophene rings is 1. The minimum atomic E-state index is 0.00311. The Morgan fingerprint density at radius 3 is 2.54 bits per heavy atom. The lowest BCUT2D eigenvalue weighted by atomic mass is 10.2. The molecule has 124 valence electrons. The number of halogens is 1. The Labute approximate surface area is 153 Å². The number of carbonyl (C=O) groups excluding carboxylic acids is 1. The maximum absolute atomic E-state index is 12.7. The molecule has 0 fully saturated rings. The molecule has 0 spiro atoms. The Kier molecular flexibility index (Phi) is 4.87. The molecule has 0 unspecified atom stereocenters. The number of amides is 1. The number of hydrogen-bond donors (Lipinski definition) is 0. The summed E-state index contributed by atoms with van der Waals surface area (Å²) in [4.78, 5) is 16.2. The van der Waals surface area contributed by atoms with E-state index in [-0.39, 0.29) is 5.91 Å². The zero-order valence-electron chi connectivity index (χ0n) is 13.7. The Morgan fingerprint density at radius 2 is 1.92 bits per heavy atom. The molecule has 3 aromatic rings. The van der Waals surface area contributed by atoms with Gasteiger partial charge >= 0.3 is 0 Å². The minimum absolute atomic E-state index is 0.00311. The Morgan fingerprint density at radius 1 is 1.21 bits per heavy atom. The highest BCUT2D eigenvalue weighted by molar-refractivity contribution is 9.10. The molecule has 0 atom stereocenters. The van der Waals surface area contributed by atoms with Crippen LogP contribution in [0.1, 0.15) is 26.7 Å². The lowest BCUT2D eigenvalue weighted by Crippen LogP contribution is -2.25. The van der Waals surface area contributed by atoms with Gasteiger partial charge < -0.3 is 9.42 Å². The SMILES string of the molecule is Cc1noc(C)c1CN(C)C(=O)c1ccc(-c2ccc(Br)cc2)s1. The topological polar surface area (TPSA) is 46.3 Å². The molecule has 3 rings (SSSR count). The van der Waals surface area contributed by atoms with Crippen LogP contribution in [0.4, 0.5) is 0 Å². The van der Waals surface area contributed by atoms with Gasteiger partial charge in [-0.3, -0.25) is 4.79 Å². The second-order valence-corrected chi connectivity index (χ2v) is 7.63. The van der Waals surface area contributed by atoms with Crippen LogP contribution in [0, 0.1) is 13.8 Å². The Bertz CT molecular complexity index is 848. The van der Waals surface area contributed by atoms with E-state index in [1.165, 1.54) is 11.3 Å². The summed E-state index contributed by atoms with van der Waals surface area (Å²) in [5.74, 6) is 0.761. The van der Waals surface area contributed by atoms with E-state index in [0.29, 0.717) is 6.54 Å². The van der Waals surface area contributed by atoms with Crippen molar-refractivity contribution < 1.29 is 9.32 Å². The van der Waals surface area contributed by atoms with E-state index in [2.05, 4.69) is 21.1 Å². The molecule has 4 nitrogen and oxygen atoms in total. The number of nitrogens with zero attached hydrogens (tertiary/aromatic N) is 2. The minimum Gasteiger partial charge on any atom is -0.361 e. The zero-order chi connectivity index (χ0) is 17.3. The largest absolute Gasteiger partial charge is 0.361 e. The first-order chi connectivity index (χ1) is 11.5. The van der Waals surface area contributed by atoms with Gasteiger partial charge in [-0.2, -0.15) is 0 Å². The first-order valence-electron chi connectivity index (χ1n) is 7.48. The Balaban J connectivity index is 1.77. The average molecular weight is 405 g/mol. The van der Waals surface area contributed by atoms with Crippen LogP contribution in [0.3, 0.4) is 0 Å². The summed E-state index contributed by atoms with van der Waals surface area (Å²) in [5.41, 5.74) is 2.90. The zero-order valence-corrected chi connectivity index (χ0v) is 16.1. The van der Waals surface area contributed by atoms with Crippen molar-refractivity contribution in [2.45, 2.75) is 20.4 Å². The standard InChI is InChI=1S/C18H17BrN2O2S/c1-11-15(12(2)23-20-11)10-21(3)18(22)17-9-8-16(24-17)13-4-6-14(19)7-5-13/h4-9H,10H2,1-3H3. The first kappa shape index (κ1) is 16.9. The van der Waals surface area contributed by atoms with Crippen LogP contribution in [-0.4, -0.2) is 23.0 Å². The fraction of sp³-hybridized carbons (Fsp3) is 0.222. The summed E-state index contributed by atoms with van der Waals surface area (Å²) in [6.45, 7) is 4.25. The predicted octanol–water partition coefficient (Wildman–Crippen LogP) is 5.05. The van der Waals surface area contributed by atoms with E-state index in [4.69, 9.17) is 4.52 Å². The summed E-state index contributed by atoms with van der Waals surface area (Å²) in [6.07, 6.45) is 0. The molecule has 0 aliphatic rings. The molecule has 0 aliphatic carbocycles. The van der Waals surface area contributed by atoms with E-state index in [9.17, 15) is 4.79 Å². The van der Waals surface area contributed by atoms with Crippen LogP contribution in [-0.2, 0) is 6.54 Å². The molecule has 2 heterocycles. The highest BCUT2D eigenvalue weighted by Gasteiger charge is 2.18. The van der Waals surface area contributed by atoms with E-state index in [0.717, 1.165) is 36.8 Å². The van der Waals surface area contributed by atoms with Gasteiger partial charge in [0.25, 0.3) is 5.91 Å². The third kappa shape index (κ3) is 3.44. The molecule has 6 heteroatoms. The number of carbonyl (C=O) groups is 1. The molecular weight excluding hydrogens is 388 g/mol. The van der Waals surface area contributed by atoms with Gasteiger partial charge in [-0.25, -0.2) is 0 Å². The number of benzene rings is 1. The highest BCUT2D eigenvalue weighted by atomic mass is 79.9. The lowest BCUT2D eigenvalue weighted by molar-refractivity contribution is 0.0789. The molecule has 0 saturated heterocycles. The van der Waals surface area contributed by atoms with Crippen molar-refractivity contribution in [2.24, 2.45) is 0 Å². The Hall–Kier alpha value is -1.92. The fourth-order valence-corrected chi connectivity index (χ4v) is 3.72. The van der Waals surface area contributed by atoms with Crippen LogP contribution in [0.2, 0.25) is 0 Å². The van der Waals surface area contributed by atoms with Gasteiger partial charge in [0.05, 0.1) is 17.1 Å². The van der Waals surface area contributed by atoms with Crippen molar-refractivity contribution in [2.75, 3.05) is 7.05 Å². The molecule has 0 saturated carbocycles.